The Morgan fingerprint density at radius 3 is 2.60 bits per heavy atom. The molecule has 3 rings (SSSR count). The molecule has 1 unspecified atom stereocenters. The number of benzene rings is 2. The van der Waals surface area contributed by atoms with Crippen molar-refractivity contribution in [1.82, 2.24) is 0 Å². The third-order valence-electron chi connectivity index (χ3n) is 5.09. The van der Waals surface area contributed by atoms with Crippen LogP contribution in [0.4, 0.5) is 5.69 Å². The summed E-state index contributed by atoms with van der Waals surface area (Å²) in [6.07, 6.45) is 5.85. The Morgan fingerprint density at radius 2 is 1.80 bits per heavy atom. The van der Waals surface area contributed by atoms with E-state index in [9.17, 15) is 4.79 Å². The van der Waals surface area contributed by atoms with E-state index in [0.29, 0.717) is 12.5 Å². The van der Waals surface area contributed by atoms with Gasteiger partial charge in [-0.05, 0) is 42.5 Å². The molecule has 1 atom stereocenters. The quantitative estimate of drug-likeness (QED) is 0.531. The minimum Gasteiger partial charge on any atom is -0.469 e. The van der Waals surface area contributed by atoms with E-state index in [0.717, 1.165) is 38.6 Å². The number of nitrogens with zero attached hydrogens (tertiary/aromatic N) is 1. The van der Waals surface area contributed by atoms with Crippen molar-refractivity contribution in [1.29, 1.82) is 0 Å². The molecule has 2 aromatic carbocycles. The molecule has 0 aliphatic carbocycles. The fraction of sp³-hybridized carbons (Fsp3) is 0.409. The number of anilines is 1. The number of fused-ring (bicyclic) bond motifs is 1. The van der Waals surface area contributed by atoms with E-state index in [4.69, 9.17) is 4.74 Å². The van der Waals surface area contributed by atoms with Gasteiger partial charge in [0.1, 0.15) is 0 Å². The van der Waals surface area contributed by atoms with Gasteiger partial charge in [-0.2, -0.15) is 0 Å². The van der Waals surface area contributed by atoms with Gasteiger partial charge < -0.3 is 9.64 Å². The number of hydrogen-bond donors (Lipinski definition) is 0. The summed E-state index contributed by atoms with van der Waals surface area (Å²) in [6.45, 7) is 1.06. The van der Waals surface area contributed by atoms with Crippen molar-refractivity contribution < 1.29 is 9.53 Å². The number of carbonyl (C=O) groups is 1. The molecule has 0 amide bonds. The molecule has 0 aromatic heterocycles. The molecule has 0 fully saturated rings. The molecule has 1 aliphatic rings. The van der Waals surface area contributed by atoms with Crippen molar-refractivity contribution >= 4 is 11.7 Å². The molecule has 0 spiro atoms. The molecule has 25 heavy (non-hydrogen) atoms. The Kier molecular flexibility index (Phi) is 6.10. The van der Waals surface area contributed by atoms with Crippen LogP contribution < -0.4 is 4.90 Å². The Balaban J connectivity index is 1.68. The summed E-state index contributed by atoms with van der Waals surface area (Å²) in [4.78, 5) is 13.8. The maximum atomic E-state index is 11.2. The van der Waals surface area contributed by atoms with Crippen molar-refractivity contribution in [2.24, 2.45) is 0 Å². The molecule has 1 aliphatic heterocycles. The van der Waals surface area contributed by atoms with Gasteiger partial charge >= 0.3 is 5.97 Å². The van der Waals surface area contributed by atoms with Gasteiger partial charge in [0.05, 0.1) is 13.2 Å². The van der Waals surface area contributed by atoms with E-state index < -0.39 is 0 Å². The number of para-hydroxylation sites is 1. The highest BCUT2D eigenvalue weighted by molar-refractivity contribution is 5.68. The second-order valence-corrected chi connectivity index (χ2v) is 6.67. The van der Waals surface area contributed by atoms with Crippen molar-refractivity contribution in [2.75, 3.05) is 18.6 Å². The Bertz CT molecular complexity index is 683. The molecule has 0 radical (unpaired) electrons. The topological polar surface area (TPSA) is 29.5 Å². The molecule has 0 N–H and O–H groups in total. The fourth-order valence-corrected chi connectivity index (χ4v) is 3.78. The Labute approximate surface area is 150 Å². The van der Waals surface area contributed by atoms with Gasteiger partial charge in [-0.15, -0.1) is 0 Å². The predicted molar refractivity (Wildman–Crippen MR) is 102 cm³/mol. The summed E-state index contributed by atoms with van der Waals surface area (Å²) < 4.78 is 4.72. The van der Waals surface area contributed by atoms with Crippen LogP contribution in [-0.4, -0.2) is 19.6 Å². The summed E-state index contributed by atoms with van der Waals surface area (Å²) in [6, 6.07) is 20.0. The lowest BCUT2D eigenvalue weighted by molar-refractivity contribution is -0.140. The maximum Gasteiger partial charge on any atom is 0.305 e. The fourth-order valence-electron chi connectivity index (χ4n) is 3.78. The largest absolute Gasteiger partial charge is 0.469 e. The van der Waals surface area contributed by atoms with Gasteiger partial charge in [-0.1, -0.05) is 55.3 Å². The first-order valence-corrected chi connectivity index (χ1v) is 9.26. The van der Waals surface area contributed by atoms with Crippen molar-refractivity contribution in [3.63, 3.8) is 0 Å². The first-order valence-electron chi connectivity index (χ1n) is 9.26. The van der Waals surface area contributed by atoms with Gasteiger partial charge in [0.25, 0.3) is 0 Å². The molecule has 1 heterocycles. The zero-order chi connectivity index (χ0) is 17.5. The number of unbranched alkanes of at least 4 members (excludes halogenated alkanes) is 2. The van der Waals surface area contributed by atoms with Crippen LogP contribution >= 0.6 is 0 Å². The first kappa shape index (κ1) is 17.5. The summed E-state index contributed by atoms with van der Waals surface area (Å²) in [5.74, 6) is -0.103. The number of rotatable bonds is 7. The molecule has 2 aromatic rings. The SMILES string of the molecule is COC(=O)CCCCCC1c2ccccc2CCN1c1ccccc1. The van der Waals surface area contributed by atoms with Crippen LogP contribution in [0.15, 0.2) is 54.6 Å². The number of ether oxygens (including phenoxy) is 1. The Morgan fingerprint density at radius 1 is 1.04 bits per heavy atom. The molecule has 3 heteroatoms. The second kappa shape index (κ2) is 8.70. The van der Waals surface area contributed by atoms with Crippen LogP contribution in [0.5, 0.6) is 0 Å². The van der Waals surface area contributed by atoms with Crippen LogP contribution in [-0.2, 0) is 16.0 Å². The summed E-state index contributed by atoms with van der Waals surface area (Å²) in [7, 11) is 1.46. The molecule has 132 valence electrons. The third kappa shape index (κ3) is 4.41. The van der Waals surface area contributed by atoms with Crippen LogP contribution in [0.2, 0.25) is 0 Å². The molecular weight excluding hydrogens is 310 g/mol. The van der Waals surface area contributed by atoms with E-state index in [1.54, 1.807) is 0 Å². The molecular formula is C22H27NO2. The average Bonchev–Trinajstić information content (AvgIpc) is 2.68. The van der Waals surface area contributed by atoms with Gasteiger partial charge in [0.2, 0.25) is 0 Å². The Hall–Kier alpha value is -2.29. The van der Waals surface area contributed by atoms with E-state index in [-0.39, 0.29) is 5.97 Å². The minimum atomic E-state index is -0.103. The zero-order valence-corrected chi connectivity index (χ0v) is 15.0. The van der Waals surface area contributed by atoms with Crippen molar-refractivity contribution in [3.8, 4) is 0 Å². The van der Waals surface area contributed by atoms with Gasteiger partial charge in [-0.3, -0.25) is 4.79 Å². The van der Waals surface area contributed by atoms with E-state index in [1.807, 2.05) is 0 Å². The highest BCUT2D eigenvalue weighted by Crippen LogP contribution is 2.36. The minimum absolute atomic E-state index is 0.103. The lowest BCUT2D eigenvalue weighted by atomic mass is 9.89. The standard InChI is InChI=1S/C22H27NO2/c1-25-22(24)15-7-3-6-14-21-20-13-9-8-10-18(20)16-17-23(21)19-11-4-2-5-12-19/h2,4-5,8-13,21H,3,6-7,14-17H2,1H3. The van der Waals surface area contributed by atoms with Crippen molar-refractivity contribution in [3.05, 3.63) is 65.7 Å². The van der Waals surface area contributed by atoms with Crippen molar-refractivity contribution in [2.45, 2.75) is 44.6 Å². The highest BCUT2D eigenvalue weighted by Gasteiger charge is 2.26. The monoisotopic (exact) mass is 337 g/mol. The summed E-state index contributed by atoms with van der Waals surface area (Å²) in [5.41, 5.74) is 4.25. The molecule has 0 saturated heterocycles. The zero-order valence-electron chi connectivity index (χ0n) is 15.0. The smallest absolute Gasteiger partial charge is 0.305 e. The van der Waals surface area contributed by atoms with Gasteiger partial charge in [0.15, 0.2) is 0 Å². The highest BCUT2D eigenvalue weighted by atomic mass is 16.5. The summed E-state index contributed by atoms with van der Waals surface area (Å²) >= 11 is 0. The molecule has 0 bridgehead atoms. The van der Waals surface area contributed by atoms with Crippen LogP contribution in [0.3, 0.4) is 0 Å². The predicted octanol–water partition coefficient (Wildman–Crippen LogP) is 4.91. The second-order valence-electron chi connectivity index (χ2n) is 6.67. The van der Waals surface area contributed by atoms with E-state index in [2.05, 4.69) is 59.5 Å². The number of methoxy groups -OCH3 is 1. The average molecular weight is 337 g/mol. The van der Waals surface area contributed by atoms with Crippen LogP contribution in [0, 0.1) is 0 Å². The van der Waals surface area contributed by atoms with E-state index >= 15 is 0 Å². The van der Waals surface area contributed by atoms with Gasteiger partial charge in [-0.25, -0.2) is 0 Å². The lowest BCUT2D eigenvalue weighted by Gasteiger charge is -2.39. The molecule has 0 saturated carbocycles. The first-order chi connectivity index (χ1) is 12.3. The third-order valence-corrected chi connectivity index (χ3v) is 5.09. The van der Waals surface area contributed by atoms with Crippen LogP contribution in [0.25, 0.3) is 0 Å². The number of hydrogen-bond acceptors (Lipinski definition) is 3. The normalized spacial score (nSPS) is 16.4. The number of carbonyl (C=O) groups excluding carboxylic acids is 1. The number of esters is 1. The molecule has 3 nitrogen and oxygen atoms in total. The summed E-state index contributed by atoms with van der Waals surface area (Å²) in [5, 5.41) is 0. The van der Waals surface area contributed by atoms with E-state index in [1.165, 1.54) is 23.9 Å². The maximum absolute atomic E-state index is 11.2. The van der Waals surface area contributed by atoms with Crippen LogP contribution in [0.1, 0.15) is 49.3 Å². The lowest BCUT2D eigenvalue weighted by Crippen LogP contribution is -2.35. The van der Waals surface area contributed by atoms with Gasteiger partial charge in [0, 0.05) is 18.7 Å².